The van der Waals surface area contributed by atoms with E-state index in [-0.39, 0.29) is 18.7 Å². The zero-order valence-corrected chi connectivity index (χ0v) is 23.6. The van der Waals surface area contributed by atoms with Gasteiger partial charge < -0.3 is 5.53 Å². The van der Waals surface area contributed by atoms with Crippen LogP contribution in [0.15, 0.2) is 60.2 Å². The minimum absolute atomic E-state index is 0.0444. The van der Waals surface area contributed by atoms with E-state index in [1.807, 2.05) is 0 Å². The number of hydrogen-bond acceptors (Lipinski definition) is 2. The van der Waals surface area contributed by atoms with Crippen LogP contribution in [-0.4, -0.2) is 18.9 Å². The van der Waals surface area contributed by atoms with E-state index in [9.17, 15) is 5.53 Å². The molecule has 3 rings (SSSR count). The van der Waals surface area contributed by atoms with Gasteiger partial charge in [0.05, 0.1) is 0 Å². The van der Waals surface area contributed by atoms with Crippen LogP contribution in [0.5, 0.6) is 0 Å². The van der Waals surface area contributed by atoms with Crippen LogP contribution in [0.4, 0.5) is 0 Å². The van der Waals surface area contributed by atoms with Gasteiger partial charge in [-0.2, -0.15) is 0 Å². The average molecular weight is 569 g/mol. The Balaban J connectivity index is 0.000000784. The number of allylic oxidation sites excluding steroid dienone is 2. The van der Waals surface area contributed by atoms with Crippen LogP contribution in [0.1, 0.15) is 88.0 Å². The topological polar surface area (TPSA) is 43.8 Å². The summed E-state index contributed by atoms with van der Waals surface area (Å²) in [5, 5.41) is 0. The van der Waals surface area contributed by atoms with Gasteiger partial charge in [-0.25, -0.2) is 4.70 Å². The third-order valence-electron chi connectivity index (χ3n) is 6.20. The second-order valence-electron chi connectivity index (χ2n) is 8.65. The van der Waals surface area contributed by atoms with Crippen LogP contribution >= 0.6 is 0 Å². The van der Waals surface area contributed by atoms with Crippen molar-refractivity contribution in [2.75, 3.05) is 14.2 Å². The number of aryl methyl sites for hydroxylation is 2. The molecule has 0 spiro atoms. The molecule has 0 fully saturated rings. The Morgan fingerprint density at radius 3 is 1.91 bits per heavy atom. The van der Waals surface area contributed by atoms with Crippen LogP contribution in [0.3, 0.4) is 0 Å². The molecule has 1 heterocycles. The molecule has 0 bridgehead atoms. The van der Waals surface area contributed by atoms with Gasteiger partial charge >= 0.3 is 39.9 Å². The molecule has 0 saturated carbocycles. The Morgan fingerprint density at radius 1 is 0.771 bits per heavy atom. The van der Waals surface area contributed by atoms with E-state index >= 15 is 0 Å². The van der Waals surface area contributed by atoms with E-state index in [2.05, 4.69) is 82.3 Å². The zero-order valence-electron chi connectivity index (χ0n) is 22.1. The fourth-order valence-electron chi connectivity index (χ4n) is 4.29. The van der Waals surface area contributed by atoms with Gasteiger partial charge in [-0.15, -0.1) is 0 Å². The molecule has 1 aliphatic rings. The van der Waals surface area contributed by atoms with Crippen molar-refractivity contribution in [2.45, 2.75) is 78.6 Å². The first-order valence-corrected chi connectivity index (χ1v) is 14.1. The maximum absolute atomic E-state index is 11.2. The van der Waals surface area contributed by atoms with Crippen molar-refractivity contribution in [3.8, 4) is 0 Å². The standard InChI is InChI=1S/C28H36N2.2CH3O.Pd/c1-4-7-8-9-10-11-16-26-21-27(24-17-12-14-22(5-2)19-24)30(29)28(26)25-18-13-15-23(6-3)20-25;2*1-2;/h12-15,17-21H,4-11,16H2,1-3H3;2*1H3;/q;2*-1;+2. The van der Waals surface area contributed by atoms with Crippen LogP contribution in [0, 0.1) is 0 Å². The molecule has 194 valence electrons. The predicted molar refractivity (Wildman–Crippen MR) is 142 cm³/mol. The second kappa shape index (κ2) is 16.7. The maximum atomic E-state index is 11.2. The Kier molecular flexibility index (Phi) is 14.0. The SMILES string of the molecule is CCCCCCCCC1=C(c2cccc(CC)c2)[N+](=[N-])C(c2cccc(CC)c2)=C1.C[O][Pd][O]C. The summed E-state index contributed by atoms with van der Waals surface area (Å²) in [6.07, 6.45) is 12.9. The zero-order chi connectivity index (χ0) is 25.5. The van der Waals surface area contributed by atoms with Gasteiger partial charge in [0.25, 0.3) is 0 Å². The van der Waals surface area contributed by atoms with Gasteiger partial charge in [0.15, 0.2) is 0 Å². The summed E-state index contributed by atoms with van der Waals surface area (Å²) in [5.74, 6) is 0. The molecule has 4 nitrogen and oxygen atoms in total. The van der Waals surface area contributed by atoms with Gasteiger partial charge in [-0.1, -0.05) is 77.1 Å². The molecule has 0 atom stereocenters. The molecular weight excluding hydrogens is 527 g/mol. The summed E-state index contributed by atoms with van der Waals surface area (Å²) >= 11 is 0.0444. The summed E-state index contributed by atoms with van der Waals surface area (Å²) < 4.78 is 10.5. The van der Waals surface area contributed by atoms with Crippen molar-refractivity contribution >= 4 is 11.4 Å². The first-order valence-electron chi connectivity index (χ1n) is 12.9. The van der Waals surface area contributed by atoms with Gasteiger partial charge in [-0.05, 0) is 61.1 Å². The molecule has 0 saturated heterocycles. The fourth-order valence-corrected chi connectivity index (χ4v) is 4.55. The summed E-state index contributed by atoms with van der Waals surface area (Å²) in [4.78, 5) is 0. The Bertz CT molecular complexity index is 995. The third kappa shape index (κ3) is 9.24. The van der Waals surface area contributed by atoms with Crippen LogP contribution in [-0.2, 0) is 38.5 Å². The second-order valence-corrected chi connectivity index (χ2v) is 10.2. The molecule has 0 aliphatic carbocycles. The number of hydrogen-bond donors (Lipinski definition) is 0. The van der Waals surface area contributed by atoms with E-state index < -0.39 is 0 Å². The number of rotatable bonds is 13. The molecule has 2 aromatic rings. The van der Waals surface area contributed by atoms with E-state index in [4.69, 9.17) is 0 Å². The molecule has 0 N–H and O–H groups in total. The number of benzene rings is 2. The predicted octanol–water partition coefficient (Wildman–Crippen LogP) is 8.55. The van der Waals surface area contributed by atoms with Crippen molar-refractivity contribution in [1.29, 1.82) is 0 Å². The molecule has 5 heteroatoms. The van der Waals surface area contributed by atoms with Gasteiger partial charge in [0, 0.05) is 22.8 Å². The quantitative estimate of drug-likeness (QED) is 0.138. The van der Waals surface area contributed by atoms with Crippen molar-refractivity contribution < 1.29 is 30.3 Å². The molecule has 1 aliphatic heterocycles. The summed E-state index contributed by atoms with van der Waals surface area (Å²) in [7, 11) is 3.22. The van der Waals surface area contributed by atoms with Crippen molar-refractivity contribution in [1.82, 2.24) is 0 Å². The van der Waals surface area contributed by atoms with Crippen LogP contribution in [0.25, 0.3) is 16.9 Å². The van der Waals surface area contributed by atoms with E-state index in [0.29, 0.717) is 0 Å². The summed E-state index contributed by atoms with van der Waals surface area (Å²) in [5.41, 5.74) is 19.1. The average Bonchev–Trinajstić information content (AvgIpc) is 3.22. The molecule has 35 heavy (non-hydrogen) atoms. The van der Waals surface area contributed by atoms with Gasteiger partial charge in [-0.3, -0.25) is 0 Å². The Labute approximate surface area is 222 Å². The minimum atomic E-state index is 0.0444. The molecule has 0 unspecified atom stereocenters. The van der Waals surface area contributed by atoms with Crippen molar-refractivity contribution in [2.24, 2.45) is 0 Å². The normalized spacial score (nSPS) is 13.2. The number of unbranched alkanes of at least 4 members (excludes halogenated alkanes) is 5. The fraction of sp³-hybridized carbons (Fsp3) is 0.467. The van der Waals surface area contributed by atoms with E-state index in [0.717, 1.165) is 41.8 Å². The van der Waals surface area contributed by atoms with E-state index in [1.165, 1.54) is 59.9 Å². The van der Waals surface area contributed by atoms with Crippen LogP contribution < -0.4 is 0 Å². The first-order chi connectivity index (χ1) is 17.1. The monoisotopic (exact) mass is 568 g/mol. The molecule has 2 aromatic carbocycles. The van der Waals surface area contributed by atoms with Crippen molar-refractivity contribution in [3.63, 3.8) is 0 Å². The summed E-state index contributed by atoms with van der Waals surface area (Å²) in [6.45, 7) is 6.61. The molecular formula is C30H42N2O2Pd. The van der Waals surface area contributed by atoms with Gasteiger partial charge in [0.2, 0.25) is 11.4 Å². The van der Waals surface area contributed by atoms with E-state index in [1.54, 1.807) is 14.2 Å². The Morgan fingerprint density at radius 2 is 1.34 bits per heavy atom. The third-order valence-corrected chi connectivity index (χ3v) is 6.72. The molecule has 0 amide bonds. The van der Waals surface area contributed by atoms with Gasteiger partial charge in [0.1, 0.15) is 0 Å². The summed E-state index contributed by atoms with van der Waals surface area (Å²) in [6, 6.07) is 17.1. The number of nitrogens with zero attached hydrogens (tertiary/aromatic N) is 2. The molecule has 0 aromatic heterocycles. The molecule has 0 radical (unpaired) electrons. The van der Waals surface area contributed by atoms with Crippen molar-refractivity contribution in [3.05, 3.63) is 88.0 Å². The van der Waals surface area contributed by atoms with Crippen LogP contribution in [0.2, 0.25) is 0 Å². The Hall–Kier alpha value is -1.90. The first kappa shape index (κ1) is 29.3.